The molecular formula is C19H21N5O. The van der Waals surface area contributed by atoms with Crippen molar-refractivity contribution in [2.75, 3.05) is 23.3 Å². The van der Waals surface area contributed by atoms with E-state index >= 15 is 0 Å². The first-order valence-corrected chi connectivity index (χ1v) is 8.48. The van der Waals surface area contributed by atoms with Crippen molar-refractivity contribution in [2.45, 2.75) is 26.7 Å². The van der Waals surface area contributed by atoms with E-state index in [-0.39, 0.29) is 5.91 Å². The van der Waals surface area contributed by atoms with Crippen molar-refractivity contribution in [1.82, 2.24) is 9.97 Å². The molecule has 1 aliphatic heterocycles. The van der Waals surface area contributed by atoms with Gasteiger partial charge >= 0.3 is 0 Å². The van der Waals surface area contributed by atoms with E-state index in [9.17, 15) is 4.79 Å². The predicted octanol–water partition coefficient (Wildman–Crippen LogP) is 3.15. The van der Waals surface area contributed by atoms with Gasteiger partial charge in [-0.25, -0.2) is 9.97 Å². The minimum absolute atomic E-state index is 0.314. The van der Waals surface area contributed by atoms with Crippen molar-refractivity contribution in [3.63, 3.8) is 0 Å². The van der Waals surface area contributed by atoms with Gasteiger partial charge in [0.1, 0.15) is 23.4 Å². The van der Waals surface area contributed by atoms with Crippen molar-refractivity contribution in [2.24, 2.45) is 5.92 Å². The third-order valence-electron chi connectivity index (χ3n) is 4.46. The zero-order chi connectivity index (χ0) is 17.8. The highest BCUT2D eigenvalue weighted by Crippen LogP contribution is 2.22. The number of aromatic nitrogens is 2. The average Bonchev–Trinajstić information content (AvgIpc) is 2.62. The van der Waals surface area contributed by atoms with Crippen LogP contribution in [0.25, 0.3) is 0 Å². The Hall–Kier alpha value is -2.94. The number of carbonyl (C=O) groups is 1. The van der Waals surface area contributed by atoms with Gasteiger partial charge in [0.25, 0.3) is 5.91 Å². The summed E-state index contributed by atoms with van der Waals surface area (Å²) in [6, 6.07) is 10.7. The molecule has 0 unspecified atom stereocenters. The second-order valence-corrected chi connectivity index (χ2v) is 6.44. The molecule has 1 saturated heterocycles. The van der Waals surface area contributed by atoms with E-state index in [1.54, 1.807) is 37.3 Å². The first-order chi connectivity index (χ1) is 12.1. The zero-order valence-corrected chi connectivity index (χ0v) is 14.5. The lowest BCUT2D eigenvalue weighted by molar-refractivity contribution is 0.102. The smallest absolute Gasteiger partial charge is 0.274 e. The van der Waals surface area contributed by atoms with Crippen LogP contribution in [0.5, 0.6) is 0 Å². The van der Waals surface area contributed by atoms with Crippen molar-refractivity contribution in [3.05, 3.63) is 47.4 Å². The summed E-state index contributed by atoms with van der Waals surface area (Å²) < 4.78 is 0. The summed E-state index contributed by atoms with van der Waals surface area (Å²) in [7, 11) is 0. The number of aryl methyl sites for hydroxylation is 1. The first kappa shape index (κ1) is 16.9. The van der Waals surface area contributed by atoms with Gasteiger partial charge in [-0.15, -0.1) is 0 Å². The van der Waals surface area contributed by atoms with E-state index in [2.05, 4.69) is 33.2 Å². The summed E-state index contributed by atoms with van der Waals surface area (Å²) in [5, 5.41) is 11.9. The SMILES string of the molecule is Cc1nc(C(=O)Nc2ccccc2C#N)cc(N2CCC(C)CC2)n1. The highest BCUT2D eigenvalue weighted by atomic mass is 16.1. The molecule has 1 N–H and O–H groups in total. The molecule has 0 spiro atoms. The molecule has 6 heteroatoms. The molecule has 3 rings (SSSR count). The number of nitrogens with one attached hydrogen (secondary N) is 1. The maximum absolute atomic E-state index is 12.6. The van der Waals surface area contributed by atoms with Gasteiger partial charge in [-0.3, -0.25) is 4.79 Å². The second-order valence-electron chi connectivity index (χ2n) is 6.44. The van der Waals surface area contributed by atoms with Crippen LogP contribution in [0.4, 0.5) is 11.5 Å². The Bertz CT molecular complexity index is 819. The van der Waals surface area contributed by atoms with Gasteiger partial charge in [-0.2, -0.15) is 5.26 Å². The monoisotopic (exact) mass is 335 g/mol. The Morgan fingerprint density at radius 2 is 2.00 bits per heavy atom. The van der Waals surface area contributed by atoms with E-state index in [0.29, 0.717) is 22.8 Å². The third-order valence-corrected chi connectivity index (χ3v) is 4.46. The van der Waals surface area contributed by atoms with Crippen LogP contribution in [0.2, 0.25) is 0 Å². The molecule has 0 radical (unpaired) electrons. The molecule has 0 atom stereocenters. The van der Waals surface area contributed by atoms with Crippen LogP contribution in [0, 0.1) is 24.2 Å². The van der Waals surface area contributed by atoms with Crippen molar-refractivity contribution in [1.29, 1.82) is 5.26 Å². The van der Waals surface area contributed by atoms with Gasteiger partial charge in [0, 0.05) is 19.2 Å². The summed E-state index contributed by atoms with van der Waals surface area (Å²) in [5.41, 5.74) is 1.22. The zero-order valence-electron chi connectivity index (χ0n) is 14.5. The summed E-state index contributed by atoms with van der Waals surface area (Å²) in [5.74, 6) is 1.75. The molecule has 128 valence electrons. The Balaban J connectivity index is 1.82. The summed E-state index contributed by atoms with van der Waals surface area (Å²) in [6.07, 6.45) is 2.25. The van der Waals surface area contributed by atoms with Gasteiger partial charge in [-0.1, -0.05) is 19.1 Å². The van der Waals surface area contributed by atoms with Crippen LogP contribution in [0.1, 0.15) is 41.6 Å². The Labute approximate surface area is 147 Å². The van der Waals surface area contributed by atoms with Gasteiger partial charge in [0.2, 0.25) is 0 Å². The van der Waals surface area contributed by atoms with Gasteiger partial charge < -0.3 is 10.2 Å². The molecule has 2 heterocycles. The maximum Gasteiger partial charge on any atom is 0.274 e. The highest BCUT2D eigenvalue weighted by Gasteiger charge is 2.19. The first-order valence-electron chi connectivity index (χ1n) is 8.48. The van der Waals surface area contributed by atoms with Gasteiger partial charge in [0.05, 0.1) is 11.3 Å². The molecule has 1 aromatic heterocycles. The lowest BCUT2D eigenvalue weighted by Crippen LogP contribution is -2.34. The molecular weight excluding hydrogens is 314 g/mol. The highest BCUT2D eigenvalue weighted by molar-refractivity contribution is 6.04. The quantitative estimate of drug-likeness (QED) is 0.932. The topological polar surface area (TPSA) is 81.9 Å². The minimum atomic E-state index is -0.333. The fourth-order valence-electron chi connectivity index (χ4n) is 2.94. The lowest BCUT2D eigenvalue weighted by Gasteiger charge is -2.31. The summed E-state index contributed by atoms with van der Waals surface area (Å²) >= 11 is 0. The number of para-hydroxylation sites is 1. The van der Waals surface area contributed by atoms with Gasteiger partial charge in [-0.05, 0) is 37.8 Å². The molecule has 0 bridgehead atoms. The van der Waals surface area contributed by atoms with E-state index in [0.717, 1.165) is 37.7 Å². The Morgan fingerprint density at radius 3 is 2.72 bits per heavy atom. The maximum atomic E-state index is 12.6. The van der Waals surface area contributed by atoms with E-state index < -0.39 is 0 Å². The van der Waals surface area contributed by atoms with Crippen LogP contribution in [0.3, 0.4) is 0 Å². The third kappa shape index (κ3) is 3.94. The standard InChI is InChI=1S/C19H21N5O/c1-13-7-9-24(10-8-13)18-11-17(21-14(2)22-18)19(25)23-16-6-4-3-5-15(16)12-20/h3-6,11,13H,7-10H2,1-2H3,(H,23,25). The number of nitrogens with zero attached hydrogens (tertiary/aromatic N) is 4. The molecule has 25 heavy (non-hydrogen) atoms. The number of hydrogen-bond donors (Lipinski definition) is 1. The molecule has 1 amide bonds. The van der Waals surface area contributed by atoms with E-state index in [1.165, 1.54) is 0 Å². The van der Waals surface area contributed by atoms with E-state index in [4.69, 9.17) is 5.26 Å². The molecule has 6 nitrogen and oxygen atoms in total. The normalized spacial score (nSPS) is 14.8. The number of rotatable bonds is 3. The van der Waals surface area contributed by atoms with Crippen LogP contribution in [-0.2, 0) is 0 Å². The number of benzene rings is 1. The number of hydrogen-bond acceptors (Lipinski definition) is 5. The largest absolute Gasteiger partial charge is 0.356 e. The summed E-state index contributed by atoms with van der Waals surface area (Å²) in [4.78, 5) is 23.5. The van der Waals surface area contributed by atoms with Crippen molar-refractivity contribution >= 4 is 17.4 Å². The molecule has 2 aromatic rings. The fourth-order valence-corrected chi connectivity index (χ4v) is 2.94. The van der Waals surface area contributed by atoms with E-state index in [1.807, 2.05) is 0 Å². The van der Waals surface area contributed by atoms with Crippen molar-refractivity contribution < 1.29 is 4.79 Å². The number of piperidine rings is 1. The molecule has 0 saturated carbocycles. The number of nitriles is 1. The number of anilines is 2. The fraction of sp³-hybridized carbons (Fsp3) is 0.368. The minimum Gasteiger partial charge on any atom is -0.356 e. The van der Waals surface area contributed by atoms with Gasteiger partial charge in [0.15, 0.2) is 0 Å². The van der Waals surface area contributed by atoms with Crippen LogP contribution < -0.4 is 10.2 Å². The second kappa shape index (κ2) is 7.31. The van der Waals surface area contributed by atoms with Crippen LogP contribution in [0.15, 0.2) is 30.3 Å². The average molecular weight is 335 g/mol. The Kier molecular flexibility index (Phi) is 4.94. The molecule has 1 aromatic carbocycles. The number of carbonyl (C=O) groups excluding carboxylic acids is 1. The molecule has 1 fully saturated rings. The van der Waals surface area contributed by atoms with Crippen molar-refractivity contribution in [3.8, 4) is 6.07 Å². The van der Waals surface area contributed by atoms with Crippen LogP contribution in [-0.4, -0.2) is 29.0 Å². The Morgan fingerprint density at radius 1 is 1.28 bits per heavy atom. The predicted molar refractivity (Wildman–Crippen MR) is 96.5 cm³/mol. The summed E-state index contributed by atoms with van der Waals surface area (Å²) in [6.45, 7) is 5.93. The number of amides is 1. The lowest BCUT2D eigenvalue weighted by atomic mass is 9.99. The van der Waals surface area contributed by atoms with Crippen LogP contribution >= 0.6 is 0 Å². The molecule has 0 aliphatic carbocycles. The molecule has 1 aliphatic rings.